The Morgan fingerprint density at radius 1 is 1.64 bits per heavy atom. The minimum Gasteiger partial charge on any atom is -0.495 e. The lowest BCUT2D eigenvalue weighted by atomic mass is 10.1. The normalized spacial score (nSPS) is 13.8. The molecule has 3 nitrogen and oxygen atoms in total. The van der Waals surface area contributed by atoms with Crippen molar-refractivity contribution in [1.29, 1.82) is 0 Å². The van der Waals surface area contributed by atoms with Gasteiger partial charge in [-0.25, -0.2) is 0 Å². The van der Waals surface area contributed by atoms with E-state index < -0.39 is 0 Å². The average molecular weight is 324 g/mol. The van der Waals surface area contributed by atoms with Gasteiger partial charge in [0.2, 0.25) is 0 Å². The van der Waals surface area contributed by atoms with Crippen LogP contribution < -0.4 is 10.1 Å². The fourth-order valence-corrected chi connectivity index (χ4v) is 2.62. The van der Waals surface area contributed by atoms with Crippen molar-refractivity contribution in [2.24, 2.45) is 0 Å². The van der Waals surface area contributed by atoms with E-state index in [2.05, 4.69) is 27.9 Å². The molecule has 0 fully saturated rings. The molecule has 0 spiro atoms. The molecule has 1 aromatic rings. The van der Waals surface area contributed by atoms with Gasteiger partial charge in [0.15, 0.2) is 0 Å². The van der Waals surface area contributed by atoms with Crippen molar-refractivity contribution >= 4 is 40.1 Å². The van der Waals surface area contributed by atoms with E-state index in [4.69, 9.17) is 16.3 Å². The van der Waals surface area contributed by atoms with E-state index in [9.17, 15) is 4.79 Å². The second-order valence-corrected chi connectivity index (χ2v) is 4.45. The van der Waals surface area contributed by atoms with Gasteiger partial charge in [-0.1, -0.05) is 11.6 Å². The standard InChI is InChI=1S/C9H7ClINO2/c1-14-6-2-5(11)7-4(8(6)10)3-12-9(7)13/h2H,3H2,1H3,(H,12,13). The average Bonchev–Trinajstić information content (AvgIpc) is 2.54. The molecule has 0 radical (unpaired) electrons. The van der Waals surface area contributed by atoms with Gasteiger partial charge in [0.05, 0.1) is 17.7 Å². The Morgan fingerprint density at radius 2 is 2.36 bits per heavy atom. The molecule has 1 amide bonds. The second-order valence-electron chi connectivity index (χ2n) is 2.91. The number of halogens is 2. The Balaban J connectivity index is 2.70. The van der Waals surface area contributed by atoms with Crippen LogP contribution >= 0.6 is 34.2 Å². The summed E-state index contributed by atoms with van der Waals surface area (Å²) in [7, 11) is 1.56. The molecule has 14 heavy (non-hydrogen) atoms. The van der Waals surface area contributed by atoms with E-state index in [1.54, 1.807) is 13.2 Å². The molecule has 1 aromatic carbocycles. The zero-order chi connectivity index (χ0) is 10.3. The van der Waals surface area contributed by atoms with Gasteiger partial charge in [-0.05, 0) is 28.7 Å². The number of fused-ring (bicyclic) bond motifs is 1. The van der Waals surface area contributed by atoms with Gasteiger partial charge >= 0.3 is 0 Å². The van der Waals surface area contributed by atoms with Crippen LogP contribution in [-0.2, 0) is 6.54 Å². The van der Waals surface area contributed by atoms with Gasteiger partial charge < -0.3 is 10.1 Å². The van der Waals surface area contributed by atoms with Crippen LogP contribution in [0.5, 0.6) is 5.75 Å². The fraction of sp³-hybridized carbons (Fsp3) is 0.222. The minimum absolute atomic E-state index is 0.0612. The van der Waals surface area contributed by atoms with E-state index in [1.807, 2.05) is 0 Å². The van der Waals surface area contributed by atoms with Crippen molar-refractivity contribution < 1.29 is 9.53 Å². The Hall–Kier alpha value is -0.490. The number of carbonyl (C=O) groups is 1. The molecule has 1 aliphatic rings. The highest BCUT2D eigenvalue weighted by Crippen LogP contribution is 2.36. The predicted octanol–water partition coefficient (Wildman–Crippen LogP) is 2.20. The third kappa shape index (κ3) is 1.37. The zero-order valence-corrected chi connectivity index (χ0v) is 10.3. The van der Waals surface area contributed by atoms with Crippen LogP contribution in [0.25, 0.3) is 0 Å². The molecular weight excluding hydrogens is 316 g/mol. The molecule has 0 atom stereocenters. The highest BCUT2D eigenvalue weighted by molar-refractivity contribution is 14.1. The van der Waals surface area contributed by atoms with Crippen molar-refractivity contribution in [3.05, 3.63) is 25.8 Å². The predicted molar refractivity (Wildman–Crippen MR) is 61.9 cm³/mol. The highest BCUT2D eigenvalue weighted by Gasteiger charge is 2.26. The molecule has 0 bridgehead atoms. The maximum atomic E-state index is 11.4. The van der Waals surface area contributed by atoms with Crippen molar-refractivity contribution in [3.8, 4) is 5.75 Å². The lowest BCUT2D eigenvalue weighted by Gasteiger charge is -2.08. The van der Waals surface area contributed by atoms with Gasteiger partial charge in [-0.15, -0.1) is 0 Å². The number of ether oxygens (including phenoxy) is 1. The molecule has 0 aliphatic carbocycles. The van der Waals surface area contributed by atoms with Crippen LogP contribution in [0.15, 0.2) is 6.07 Å². The SMILES string of the molecule is COc1cc(I)c2c(c1Cl)CNC2=O. The molecular formula is C9H7ClINO2. The summed E-state index contributed by atoms with van der Waals surface area (Å²) in [6, 6.07) is 1.77. The van der Waals surface area contributed by atoms with Crippen LogP contribution in [0.4, 0.5) is 0 Å². The summed E-state index contributed by atoms with van der Waals surface area (Å²) in [5, 5.41) is 3.26. The van der Waals surface area contributed by atoms with Crippen LogP contribution in [0.2, 0.25) is 5.02 Å². The molecule has 1 N–H and O–H groups in total. The Labute approximate surface area is 99.9 Å². The Morgan fingerprint density at radius 3 is 3.00 bits per heavy atom. The van der Waals surface area contributed by atoms with E-state index >= 15 is 0 Å². The van der Waals surface area contributed by atoms with Gasteiger partial charge in [0, 0.05) is 15.7 Å². The molecule has 0 aromatic heterocycles. The fourth-order valence-electron chi connectivity index (χ4n) is 1.47. The molecule has 5 heteroatoms. The summed E-state index contributed by atoms with van der Waals surface area (Å²) in [5.41, 5.74) is 1.51. The number of carbonyl (C=O) groups excluding carboxylic acids is 1. The van der Waals surface area contributed by atoms with Crippen molar-refractivity contribution in [2.45, 2.75) is 6.54 Å². The third-order valence-corrected chi connectivity index (χ3v) is 3.42. The minimum atomic E-state index is -0.0612. The van der Waals surface area contributed by atoms with Crippen LogP contribution in [0.1, 0.15) is 15.9 Å². The first-order chi connectivity index (χ1) is 6.65. The molecule has 74 valence electrons. The van der Waals surface area contributed by atoms with Gasteiger partial charge in [0.25, 0.3) is 5.91 Å². The van der Waals surface area contributed by atoms with Gasteiger partial charge in [-0.2, -0.15) is 0 Å². The summed E-state index contributed by atoms with van der Waals surface area (Å²) in [6.45, 7) is 0.486. The molecule has 0 saturated heterocycles. The quantitative estimate of drug-likeness (QED) is 0.805. The number of amides is 1. The van der Waals surface area contributed by atoms with Gasteiger partial charge in [0.1, 0.15) is 5.75 Å². The van der Waals surface area contributed by atoms with E-state index in [1.165, 1.54) is 0 Å². The highest BCUT2D eigenvalue weighted by atomic mass is 127. The second kappa shape index (κ2) is 3.58. The Bertz CT molecular complexity index is 420. The molecule has 1 heterocycles. The molecule has 1 aliphatic heterocycles. The monoisotopic (exact) mass is 323 g/mol. The van der Waals surface area contributed by atoms with E-state index in [-0.39, 0.29) is 5.91 Å². The van der Waals surface area contributed by atoms with Crippen molar-refractivity contribution in [1.82, 2.24) is 5.32 Å². The molecule has 0 saturated carbocycles. The first kappa shape index (κ1) is 10.0. The lowest BCUT2D eigenvalue weighted by Crippen LogP contribution is -2.13. The van der Waals surface area contributed by atoms with Gasteiger partial charge in [-0.3, -0.25) is 4.79 Å². The number of hydrogen-bond donors (Lipinski definition) is 1. The summed E-state index contributed by atoms with van der Waals surface area (Å²) < 4.78 is 5.98. The van der Waals surface area contributed by atoms with Crippen LogP contribution in [0.3, 0.4) is 0 Å². The number of nitrogens with one attached hydrogen (secondary N) is 1. The topological polar surface area (TPSA) is 38.3 Å². The number of methoxy groups -OCH3 is 1. The first-order valence-electron chi connectivity index (χ1n) is 3.98. The summed E-state index contributed by atoms with van der Waals surface area (Å²) >= 11 is 8.18. The van der Waals surface area contributed by atoms with E-state index in [0.29, 0.717) is 22.9 Å². The summed E-state index contributed by atoms with van der Waals surface area (Å²) in [4.78, 5) is 11.4. The van der Waals surface area contributed by atoms with E-state index in [0.717, 1.165) is 9.13 Å². The first-order valence-corrected chi connectivity index (χ1v) is 5.44. The molecule has 2 rings (SSSR count). The van der Waals surface area contributed by atoms with Crippen LogP contribution in [0, 0.1) is 3.57 Å². The largest absolute Gasteiger partial charge is 0.495 e. The summed E-state index contributed by atoms with van der Waals surface area (Å²) in [5.74, 6) is 0.556. The van der Waals surface area contributed by atoms with Crippen LogP contribution in [-0.4, -0.2) is 13.0 Å². The maximum absolute atomic E-state index is 11.4. The van der Waals surface area contributed by atoms with Crippen molar-refractivity contribution in [2.75, 3.05) is 7.11 Å². The summed E-state index contributed by atoms with van der Waals surface area (Å²) in [6.07, 6.45) is 0. The number of hydrogen-bond acceptors (Lipinski definition) is 2. The third-order valence-electron chi connectivity index (χ3n) is 2.15. The maximum Gasteiger partial charge on any atom is 0.253 e. The number of rotatable bonds is 1. The zero-order valence-electron chi connectivity index (χ0n) is 7.36. The molecule has 0 unspecified atom stereocenters. The number of benzene rings is 1. The smallest absolute Gasteiger partial charge is 0.253 e. The lowest BCUT2D eigenvalue weighted by molar-refractivity contribution is 0.0965. The van der Waals surface area contributed by atoms with Crippen molar-refractivity contribution in [3.63, 3.8) is 0 Å². The Kier molecular flexibility index (Phi) is 2.57.